The number of nitrogens with zero attached hydrogens (tertiary/aromatic N) is 1. The lowest BCUT2D eigenvalue weighted by molar-refractivity contribution is -0.870. The van der Waals surface area contributed by atoms with E-state index in [1.54, 1.807) is 0 Å². The van der Waals surface area contributed by atoms with Crippen LogP contribution < -0.4 is 0 Å². The highest BCUT2D eigenvalue weighted by atomic mass is 16.5. The fourth-order valence-electron chi connectivity index (χ4n) is 2.67. The van der Waals surface area contributed by atoms with Crippen LogP contribution in [-0.2, 0) is 18.9 Å². The van der Waals surface area contributed by atoms with Gasteiger partial charge in [-0.1, -0.05) is 13.3 Å². The molecule has 0 aromatic carbocycles. The summed E-state index contributed by atoms with van der Waals surface area (Å²) in [5, 5.41) is 0. The summed E-state index contributed by atoms with van der Waals surface area (Å²) in [5.41, 5.74) is 0. The van der Waals surface area contributed by atoms with Crippen molar-refractivity contribution in [1.82, 2.24) is 0 Å². The monoisotopic (exact) mass is 404 g/mol. The quantitative estimate of drug-likeness (QED) is 0.183. The summed E-state index contributed by atoms with van der Waals surface area (Å²) < 4.78 is 23.6. The van der Waals surface area contributed by atoms with E-state index in [1.165, 1.54) is 32.2 Å². The van der Waals surface area contributed by atoms with Crippen LogP contribution in [0, 0.1) is 0 Å². The maximum atomic E-state index is 5.69. The molecule has 5 heteroatoms. The predicted molar refractivity (Wildman–Crippen MR) is 118 cm³/mol. The summed E-state index contributed by atoms with van der Waals surface area (Å²) in [5.74, 6) is 0. The molecule has 5 nitrogen and oxygen atoms in total. The van der Waals surface area contributed by atoms with E-state index in [-0.39, 0.29) is 0 Å². The highest BCUT2D eigenvalue weighted by Crippen LogP contribution is 2.00. The van der Waals surface area contributed by atoms with Gasteiger partial charge in [0, 0.05) is 52.9 Å². The molecule has 0 amide bonds. The molecule has 170 valence electrons. The first-order valence-electron chi connectivity index (χ1n) is 11.7. The molecule has 0 radical (unpaired) electrons. The molecule has 0 fully saturated rings. The van der Waals surface area contributed by atoms with Crippen molar-refractivity contribution in [3.8, 4) is 0 Å². The lowest BCUT2D eigenvalue weighted by atomic mass is 10.3. The van der Waals surface area contributed by atoms with Crippen LogP contribution in [-0.4, -0.2) is 85.0 Å². The third-order valence-corrected chi connectivity index (χ3v) is 4.49. The Bertz CT molecular complexity index is 295. The number of rotatable bonds is 23. The van der Waals surface area contributed by atoms with Crippen LogP contribution in [0.25, 0.3) is 0 Å². The zero-order valence-corrected chi connectivity index (χ0v) is 19.5. The minimum absolute atomic E-state index is 0.848. The minimum atomic E-state index is 0.848. The van der Waals surface area contributed by atoms with Crippen LogP contribution in [0.15, 0.2) is 0 Å². The lowest BCUT2D eigenvalue weighted by Gasteiger charge is -2.23. The van der Waals surface area contributed by atoms with Gasteiger partial charge in [-0.3, -0.25) is 0 Å². The second-order valence-electron chi connectivity index (χ2n) is 8.65. The van der Waals surface area contributed by atoms with Gasteiger partial charge in [-0.15, -0.1) is 0 Å². The Balaban J connectivity index is 3.01. The van der Waals surface area contributed by atoms with Gasteiger partial charge in [0.25, 0.3) is 0 Å². The number of hydrogen-bond acceptors (Lipinski definition) is 4. The predicted octanol–water partition coefficient (Wildman–Crippen LogP) is 4.68. The summed E-state index contributed by atoms with van der Waals surface area (Å²) in [4.78, 5) is 0. The molecule has 0 N–H and O–H groups in total. The molecule has 0 atom stereocenters. The summed E-state index contributed by atoms with van der Waals surface area (Å²) >= 11 is 0. The van der Waals surface area contributed by atoms with Gasteiger partial charge in [0.1, 0.15) is 0 Å². The number of quaternary nitrogens is 1. The van der Waals surface area contributed by atoms with Gasteiger partial charge in [0.05, 0.1) is 27.7 Å². The van der Waals surface area contributed by atoms with Crippen molar-refractivity contribution in [3.63, 3.8) is 0 Å². The highest BCUT2D eigenvalue weighted by Gasteiger charge is 2.05. The molecule has 0 aliphatic rings. The van der Waals surface area contributed by atoms with Crippen LogP contribution in [0.3, 0.4) is 0 Å². The third-order valence-electron chi connectivity index (χ3n) is 4.49. The summed E-state index contributed by atoms with van der Waals surface area (Å²) in [6.45, 7) is 10.3. The molecule has 0 aromatic rings. The molecule has 0 saturated carbocycles. The van der Waals surface area contributed by atoms with Crippen molar-refractivity contribution in [2.24, 2.45) is 0 Å². The topological polar surface area (TPSA) is 36.9 Å². The summed E-state index contributed by atoms with van der Waals surface area (Å²) in [6, 6.07) is 0. The Morgan fingerprint density at radius 1 is 0.429 bits per heavy atom. The second kappa shape index (κ2) is 21.5. The first kappa shape index (κ1) is 27.8. The van der Waals surface area contributed by atoms with Gasteiger partial charge >= 0.3 is 0 Å². The van der Waals surface area contributed by atoms with Crippen molar-refractivity contribution in [3.05, 3.63) is 0 Å². The van der Waals surface area contributed by atoms with Crippen LogP contribution >= 0.6 is 0 Å². The maximum absolute atomic E-state index is 5.69. The summed E-state index contributed by atoms with van der Waals surface area (Å²) in [7, 11) is 6.71. The normalized spacial score (nSPS) is 12.0. The van der Waals surface area contributed by atoms with Crippen molar-refractivity contribution >= 4 is 0 Å². The highest BCUT2D eigenvalue weighted by molar-refractivity contribution is 4.44. The van der Waals surface area contributed by atoms with Crippen LogP contribution in [0.4, 0.5) is 0 Å². The zero-order valence-electron chi connectivity index (χ0n) is 19.5. The minimum Gasteiger partial charge on any atom is -0.381 e. The van der Waals surface area contributed by atoms with E-state index in [0.29, 0.717) is 0 Å². The fourth-order valence-corrected chi connectivity index (χ4v) is 2.67. The second-order valence-corrected chi connectivity index (χ2v) is 8.65. The Morgan fingerprint density at radius 2 is 0.714 bits per heavy atom. The number of ether oxygens (including phenoxy) is 4. The summed E-state index contributed by atoms with van der Waals surface area (Å²) in [6.07, 6.45) is 11.4. The number of hydrogen-bond donors (Lipinski definition) is 0. The van der Waals surface area contributed by atoms with Gasteiger partial charge in [0.2, 0.25) is 0 Å². The van der Waals surface area contributed by atoms with E-state index >= 15 is 0 Å². The fraction of sp³-hybridized carbons (Fsp3) is 1.00. The SMILES string of the molecule is CCCCOCCCCOCCCCOCCCCOCCCC[N+](C)(C)C. The van der Waals surface area contributed by atoms with E-state index in [1.807, 2.05) is 0 Å². The molecule has 0 spiro atoms. The van der Waals surface area contributed by atoms with Crippen molar-refractivity contribution in [2.45, 2.75) is 71.1 Å². The maximum Gasteiger partial charge on any atom is 0.0781 e. The molecule has 0 aliphatic heterocycles. The van der Waals surface area contributed by atoms with Crippen molar-refractivity contribution in [1.29, 1.82) is 0 Å². The first-order valence-corrected chi connectivity index (χ1v) is 11.7. The zero-order chi connectivity index (χ0) is 20.8. The average molecular weight is 405 g/mol. The van der Waals surface area contributed by atoms with E-state index in [4.69, 9.17) is 18.9 Å². The smallest absolute Gasteiger partial charge is 0.0781 e. The molecule has 0 saturated heterocycles. The van der Waals surface area contributed by atoms with E-state index in [2.05, 4.69) is 28.1 Å². The third kappa shape index (κ3) is 25.8. The van der Waals surface area contributed by atoms with Gasteiger partial charge in [-0.25, -0.2) is 0 Å². The van der Waals surface area contributed by atoms with Gasteiger partial charge in [-0.05, 0) is 57.8 Å². The molecule has 0 heterocycles. The standard InChI is InChI=1S/C23H50NO4/c1-5-6-16-25-18-9-10-20-27-22-13-14-23-28-21-12-11-19-26-17-8-7-15-24(2,3)4/h5-23H2,1-4H3/q+1. The first-order chi connectivity index (χ1) is 13.6. The van der Waals surface area contributed by atoms with E-state index in [0.717, 1.165) is 95.9 Å². The van der Waals surface area contributed by atoms with Crippen molar-refractivity contribution in [2.75, 3.05) is 80.5 Å². The largest absolute Gasteiger partial charge is 0.381 e. The Labute approximate surface area is 175 Å². The molecule has 0 bridgehead atoms. The lowest BCUT2D eigenvalue weighted by Crippen LogP contribution is -2.35. The van der Waals surface area contributed by atoms with Crippen LogP contribution in [0.5, 0.6) is 0 Å². The molecular formula is C23H50NO4+. The Morgan fingerprint density at radius 3 is 1.00 bits per heavy atom. The molecule has 0 rings (SSSR count). The Kier molecular flexibility index (Phi) is 21.4. The van der Waals surface area contributed by atoms with Crippen LogP contribution in [0.2, 0.25) is 0 Å². The molecule has 0 aliphatic carbocycles. The molecule has 0 aromatic heterocycles. The van der Waals surface area contributed by atoms with Crippen molar-refractivity contribution < 1.29 is 23.4 Å². The van der Waals surface area contributed by atoms with E-state index < -0.39 is 0 Å². The van der Waals surface area contributed by atoms with Gasteiger partial charge < -0.3 is 23.4 Å². The van der Waals surface area contributed by atoms with Gasteiger partial charge in [-0.2, -0.15) is 0 Å². The molecule has 28 heavy (non-hydrogen) atoms. The molecular weight excluding hydrogens is 354 g/mol. The van der Waals surface area contributed by atoms with Crippen LogP contribution in [0.1, 0.15) is 71.1 Å². The average Bonchev–Trinajstić information content (AvgIpc) is 2.65. The molecule has 0 unspecified atom stereocenters. The Hall–Kier alpha value is -0.200. The number of unbranched alkanes of at least 4 members (excludes halogenated alkanes) is 5. The van der Waals surface area contributed by atoms with Gasteiger partial charge in [0.15, 0.2) is 0 Å². The van der Waals surface area contributed by atoms with E-state index in [9.17, 15) is 0 Å².